The molecule has 0 aliphatic carbocycles. The third kappa shape index (κ3) is 4.18. The minimum absolute atomic E-state index is 0.451. The molecule has 0 radical (unpaired) electrons. The molecule has 20 heavy (non-hydrogen) atoms. The van der Waals surface area contributed by atoms with Gasteiger partial charge in [0.15, 0.2) is 0 Å². The Morgan fingerprint density at radius 2 is 2.35 bits per heavy atom. The fourth-order valence-corrected chi connectivity index (χ4v) is 4.72. The van der Waals surface area contributed by atoms with Crippen LogP contribution in [0.15, 0.2) is 29.2 Å². The van der Waals surface area contributed by atoms with Crippen LogP contribution in [0.4, 0.5) is 0 Å². The second-order valence-corrected chi connectivity index (χ2v) is 7.08. The van der Waals surface area contributed by atoms with E-state index < -0.39 is 12.0 Å². The highest BCUT2D eigenvalue weighted by Crippen LogP contribution is 2.38. The smallest absolute Gasteiger partial charge is 0.326 e. The van der Waals surface area contributed by atoms with Crippen molar-refractivity contribution in [2.24, 2.45) is 0 Å². The first-order chi connectivity index (χ1) is 9.70. The van der Waals surface area contributed by atoms with Gasteiger partial charge in [-0.25, -0.2) is 4.79 Å². The third-order valence-electron chi connectivity index (χ3n) is 3.14. The molecule has 108 valence electrons. The number of carboxylic acid groups (broad SMARTS) is 1. The van der Waals surface area contributed by atoms with Crippen LogP contribution >= 0.6 is 23.5 Å². The van der Waals surface area contributed by atoms with E-state index in [1.807, 2.05) is 11.8 Å². The lowest BCUT2D eigenvalue weighted by atomic mass is 10.1. The Bertz CT molecular complexity index is 456. The van der Waals surface area contributed by atoms with Gasteiger partial charge in [0, 0.05) is 15.9 Å². The molecule has 2 rings (SSSR count). The number of fused-ring (bicyclic) bond motifs is 1. The molecular formula is C14H17NO3S2. The predicted molar refractivity (Wildman–Crippen MR) is 82.4 cm³/mol. The van der Waals surface area contributed by atoms with Crippen LogP contribution < -0.4 is 5.32 Å². The Balaban J connectivity index is 1.68. The number of amides is 1. The van der Waals surface area contributed by atoms with Crippen LogP contribution in [0, 0.1) is 0 Å². The van der Waals surface area contributed by atoms with Gasteiger partial charge in [0.2, 0.25) is 6.41 Å². The van der Waals surface area contributed by atoms with Crippen molar-refractivity contribution in [3.63, 3.8) is 0 Å². The van der Waals surface area contributed by atoms with Crippen LogP contribution in [0.3, 0.4) is 0 Å². The van der Waals surface area contributed by atoms with Gasteiger partial charge in [-0.1, -0.05) is 18.2 Å². The van der Waals surface area contributed by atoms with E-state index in [9.17, 15) is 9.59 Å². The number of thioether (sulfide) groups is 2. The van der Waals surface area contributed by atoms with Gasteiger partial charge in [-0.15, -0.1) is 11.8 Å². The standard InChI is InChI=1S/C14H17NO3S2/c16-9-15-12(14(17)18)5-6-19-8-11-7-10-3-1-2-4-13(10)20-11/h1-4,9,11-12H,5-8H2,(H,15,16)(H,17,18). The van der Waals surface area contributed by atoms with E-state index in [1.165, 1.54) is 10.5 Å². The molecule has 0 bridgehead atoms. The van der Waals surface area contributed by atoms with Crippen molar-refractivity contribution in [1.82, 2.24) is 5.32 Å². The number of rotatable bonds is 8. The van der Waals surface area contributed by atoms with Gasteiger partial charge in [-0.3, -0.25) is 4.79 Å². The fourth-order valence-electron chi connectivity index (χ4n) is 2.12. The van der Waals surface area contributed by atoms with Crippen LogP contribution in [0.1, 0.15) is 12.0 Å². The molecule has 6 heteroatoms. The number of hydrogen-bond donors (Lipinski definition) is 2. The molecule has 0 saturated heterocycles. The van der Waals surface area contributed by atoms with E-state index in [0.717, 1.165) is 17.9 Å². The first-order valence-electron chi connectivity index (χ1n) is 6.45. The molecule has 0 spiro atoms. The number of carbonyl (C=O) groups excluding carboxylic acids is 1. The summed E-state index contributed by atoms with van der Waals surface area (Å²) in [4.78, 5) is 22.5. The van der Waals surface area contributed by atoms with Gasteiger partial charge in [-0.2, -0.15) is 11.8 Å². The van der Waals surface area contributed by atoms with E-state index in [-0.39, 0.29) is 0 Å². The van der Waals surface area contributed by atoms with Gasteiger partial charge < -0.3 is 10.4 Å². The molecule has 0 fully saturated rings. The SMILES string of the molecule is O=CNC(CCSCC1Cc2ccccc2S1)C(=O)O. The Morgan fingerprint density at radius 1 is 1.55 bits per heavy atom. The third-order valence-corrected chi connectivity index (χ3v) is 5.83. The quantitative estimate of drug-likeness (QED) is 0.568. The molecule has 1 heterocycles. The monoisotopic (exact) mass is 311 g/mol. The lowest BCUT2D eigenvalue weighted by molar-refractivity contribution is -0.140. The molecule has 1 aromatic carbocycles. The van der Waals surface area contributed by atoms with Crippen LogP contribution in [0.25, 0.3) is 0 Å². The van der Waals surface area contributed by atoms with Crippen molar-refractivity contribution in [3.8, 4) is 0 Å². The largest absolute Gasteiger partial charge is 0.480 e. The van der Waals surface area contributed by atoms with Crippen molar-refractivity contribution < 1.29 is 14.7 Å². The lowest BCUT2D eigenvalue weighted by Gasteiger charge is -2.12. The average Bonchev–Trinajstić information content (AvgIpc) is 2.84. The molecule has 2 N–H and O–H groups in total. The van der Waals surface area contributed by atoms with E-state index in [4.69, 9.17) is 5.11 Å². The molecule has 2 unspecified atom stereocenters. The predicted octanol–water partition coefficient (Wildman–Crippen LogP) is 2.03. The zero-order chi connectivity index (χ0) is 14.4. The molecule has 0 saturated carbocycles. The van der Waals surface area contributed by atoms with Crippen molar-refractivity contribution >= 4 is 35.9 Å². The molecule has 1 aliphatic rings. The van der Waals surface area contributed by atoms with Crippen LogP contribution in [-0.2, 0) is 16.0 Å². The van der Waals surface area contributed by atoms with Crippen LogP contribution in [0.2, 0.25) is 0 Å². The average molecular weight is 311 g/mol. The Kier molecular flexibility index (Phi) is 5.79. The Morgan fingerprint density at radius 3 is 3.05 bits per heavy atom. The van der Waals surface area contributed by atoms with Crippen molar-refractivity contribution in [3.05, 3.63) is 29.8 Å². The Hall–Kier alpha value is -1.14. The van der Waals surface area contributed by atoms with Gasteiger partial charge >= 0.3 is 5.97 Å². The summed E-state index contributed by atoms with van der Waals surface area (Å²) in [5.74, 6) is 0.776. The Labute approximate surface area is 126 Å². The van der Waals surface area contributed by atoms with Gasteiger partial charge in [0.05, 0.1) is 0 Å². The number of carbonyl (C=O) groups is 2. The maximum atomic E-state index is 10.9. The summed E-state index contributed by atoms with van der Waals surface area (Å²) in [5.41, 5.74) is 1.41. The van der Waals surface area contributed by atoms with E-state index in [1.54, 1.807) is 11.8 Å². The van der Waals surface area contributed by atoms with Gasteiger partial charge in [0.25, 0.3) is 0 Å². The van der Waals surface area contributed by atoms with E-state index in [0.29, 0.717) is 18.1 Å². The summed E-state index contributed by atoms with van der Waals surface area (Å²) in [6, 6.07) is 7.68. The number of benzene rings is 1. The maximum absolute atomic E-state index is 10.9. The number of nitrogens with one attached hydrogen (secondary N) is 1. The first kappa shape index (κ1) is 15.3. The number of carboxylic acids is 1. The summed E-state index contributed by atoms with van der Waals surface area (Å²) in [6.45, 7) is 0. The molecule has 1 aliphatic heterocycles. The van der Waals surface area contributed by atoms with Crippen molar-refractivity contribution in [2.75, 3.05) is 11.5 Å². The summed E-state index contributed by atoms with van der Waals surface area (Å²) < 4.78 is 0. The normalized spacial score (nSPS) is 18.3. The molecule has 2 atom stereocenters. The minimum atomic E-state index is -0.972. The zero-order valence-electron chi connectivity index (χ0n) is 11.0. The number of hydrogen-bond acceptors (Lipinski definition) is 4. The summed E-state index contributed by atoms with van der Waals surface area (Å²) in [6.07, 6.45) is 2.00. The first-order valence-corrected chi connectivity index (χ1v) is 8.49. The van der Waals surface area contributed by atoms with Crippen molar-refractivity contribution in [2.45, 2.75) is 29.0 Å². The van der Waals surface area contributed by atoms with Crippen molar-refractivity contribution in [1.29, 1.82) is 0 Å². The zero-order valence-corrected chi connectivity index (χ0v) is 12.6. The topological polar surface area (TPSA) is 66.4 Å². The van der Waals surface area contributed by atoms with E-state index >= 15 is 0 Å². The summed E-state index contributed by atoms with van der Waals surface area (Å²) in [5, 5.41) is 11.8. The summed E-state index contributed by atoms with van der Waals surface area (Å²) >= 11 is 3.66. The van der Waals surface area contributed by atoms with Gasteiger partial charge in [-0.05, 0) is 30.2 Å². The summed E-state index contributed by atoms with van der Waals surface area (Å²) in [7, 11) is 0. The van der Waals surface area contributed by atoms with Crippen LogP contribution in [0.5, 0.6) is 0 Å². The molecule has 1 amide bonds. The highest BCUT2D eigenvalue weighted by atomic mass is 32.2. The molecule has 0 aromatic heterocycles. The second-order valence-electron chi connectivity index (χ2n) is 4.59. The van der Waals surface area contributed by atoms with E-state index in [2.05, 4.69) is 29.6 Å². The van der Waals surface area contributed by atoms with Crippen LogP contribution in [-0.4, -0.2) is 40.3 Å². The van der Waals surface area contributed by atoms with Gasteiger partial charge in [0.1, 0.15) is 6.04 Å². The fraction of sp³-hybridized carbons (Fsp3) is 0.429. The molecule has 1 aromatic rings. The highest BCUT2D eigenvalue weighted by molar-refractivity contribution is 8.03. The highest BCUT2D eigenvalue weighted by Gasteiger charge is 2.22. The minimum Gasteiger partial charge on any atom is -0.480 e. The number of aliphatic carboxylic acids is 1. The molecule has 4 nitrogen and oxygen atoms in total. The lowest BCUT2D eigenvalue weighted by Crippen LogP contribution is -2.36. The second kappa shape index (κ2) is 7.59. The maximum Gasteiger partial charge on any atom is 0.326 e. The molecular weight excluding hydrogens is 294 g/mol.